The number of ketones is 1. The number of nitrogens with one attached hydrogen (secondary N) is 1. The van der Waals surface area contributed by atoms with Gasteiger partial charge in [0.25, 0.3) is 0 Å². The third kappa shape index (κ3) is 4.49. The maximum Gasteiger partial charge on any atom is 0.305 e. The van der Waals surface area contributed by atoms with Gasteiger partial charge in [0, 0.05) is 24.5 Å². The highest BCUT2D eigenvalue weighted by atomic mass is 16.4. The maximum absolute atomic E-state index is 12.5. The average Bonchev–Trinajstić information content (AvgIpc) is 2.52. The fraction of sp³-hybridized carbons (Fsp3) is 0.235. The van der Waals surface area contributed by atoms with Crippen molar-refractivity contribution < 1.29 is 14.7 Å². The van der Waals surface area contributed by atoms with Gasteiger partial charge in [0.05, 0.1) is 12.5 Å². The Morgan fingerprint density at radius 1 is 1.23 bits per heavy atom. The molecule has 1 aromatic heterocycles. The molecule has 0 bridgehead atoms. The summed E-state index contributed by atoms with van der Waals surface area (Å²) in [4.78, 5) is 27.5. The number of rotatable bonds is 7. The number of hydrogen-bond donors (Lipinski definition) is 2. The van der Waals surface area contributed by atoms with Crippen LogP contribution in [0, 0.1) is 6.92 Å². The van der Waals surface area contributed by atoms with E-state index in [1.165, 1.54) is 0 Å². The molecule has 114 valence electrons. The standard InChI is InChI=1S/C17H18N2O3/c1-12-4-6-14(7-5-12)17(22)15(9-16(20)21)19-11-13-3-2-8-18-10-13/h2-8,10,15,19H,9,11H2,1H3,(H,20,21). The molecule has 0 saturated carbocycles. The number of aryl methyl sites for hydroxylation is 1. The van der Waals surface area contributed by atoms with E-state index in [1.807, 2.05) is 25.1 Å². The molecule has 1 unspecified atom stereocenters. The second-order valence-corrected chi connectivity index (χ2v) is 5.12. The van der Waals surface area contributed by atoms with E-state index in [9.17, 15) is 9.59 Å². The van der Waals surface area contributed by atoms with Gasteiger partial charge in [-0.25, -0.2) is 0 Å². The number of carboxylic acid groups (broad SMARTS) is 1. The normalized spacial score (nSPS) is 11.9. The SMILES string of the molecule is Cc1ccc(C(=O)C(CC(=O)O)NCc2cccnc2)cc1. The lowest BCUT2D eigenvalue weighted by molar-refractivity contribution is -0.137. The van der Waals surface area contributed by atoms with E-state index in [0.29, 0.717) is 12.1 Å². The van der Waals surface area contributed by atoms with Gasteiger partial charge in [-0.15, -0.1) is 0 Å². The fourth-order valence-corrected chi connectivity index (χ4v) is 2.09. The first-order chi connectivity index (χ1) is 10.6. The summed E-state index contributed by atoms with van der Waals surface area (Å²) in [5, 5.41) is 12.0. The van der Waals surface area contributed by atoms with Crippen molar-refractivity contribution in [2.75, 3.05) is 0 Å². The van der Waals surface area contributed by atoms with Crippen molar-refractivity contribution in [1.82, 2.24) is 10.3 Å². The number of benzene rings is 1. The van der Waals surface area contributed by atoms with E-state index in [-0.39, 0.29) is 12.2 Å². The zero-order chi connectivity index (χ0) is 15.9. The van der Waals surface area contributed by atoms with Crippen molar-refractivity contribution in [1.29, 1.82) is 0 Å². The van der Waals surface area contributed by atoms with E-state index < -0.39 is 12.0 Å². The Bertz CT molecular complexity index is 639. The van der Waals surface area contributed by atoms with Gasteiger partial charge in [-0.3, -0.25) is 14.6 Å². The summed E-state index contributed by atoms with van der Waals surface area (Å²) in [6.45, 7) is 2.33. The van der Waals surface area contributed by atoms with Gasteiger partial charge in [-0.05, 0) is 18.6 Å². The molecule has 0 aliphatic heterocycles. The Balaban J connectivity index is 2.09. The number of aliphatic carboxylic acids is 1. The van der Waals surface area contributed by atoms with Crippen molar-refractivity contribution in [3.8, 4) is 0 Å². The molecule has 22 heavy (non-hydrogen) atoms. The highest BCUT2D eigenvalue weighted by Crippen LogP contribution is 2.09. The number of pyridine rings is 1. The van der Waals surface area contributed by atoms with Crippen LogP contribution in [0.5, 0.6) is 0 Å². The molecule has 0 spiro atoms. The summed E-state index contributed by atoms with van der Waals surface area (Å²) in [5.41, 5.74) is 2.46. The van der Waals surface area contributed by atoms with Crippen molar-refractivity contribution in [2.45, 2.75) is 25.9 Å². The van der Waals surface area contributed by atoms with Gasteiger partial charge < -0.3 is 10.4 Å². The molecule has 0 fully saturated rings. The van der Waals surface area contributed by atoms with Crippen LogP contribution in [0.15, 0.2) is 48.8 Å². The van der Waals surface area contributed by atoms with Crippen LogP contribution in [0.4, 0.5) is 0 Å². The fourth-order valence-electron chi connectivity index (χ4n) is 2.09. The van der Waals surface area contributed by atoms with Crippen LogP contribution in [-0.2, 0) is 11.3 Å². The highest BCUT2D eigenvalue weighted by molar-refractivity contribution is 6.01. The van der Waals surface area contributed by atoms with E-state index in [2.05, 4.69) is 10.3 Å². The maximum atomic E-state index is 12.5. The molecule has 5 heteroatoms. The first-order valence-electron chi connectivity index (χ1n) is 7.01. The lowest BCUT2D eigenvalue weighted by Gasteiger charge is -2.16. The molecule has 0 amide bonds. The summed E-state index contributed by atoms with van der Waals surface area (Å²) in [6, 6.07) is 10.0. The number of carbonyl (C=O) groups excluding carboxylic acids is 1. The molecule has 0 aliphatic carbocycles. The first kappa shape index (κ1) is 15.9. The van der Waals surface area contributed by atoms with Crippen molar-refractivity contribution in [3.05, 3.63) is 65.5 Å². The molecule has 2 rings (SSSR count). The van der Waals surface area contributed by atoms with Gasteiger partial charge >= 0.3 is 5.97 Å². The molecule has 1 heterocycles. The van der Waals surface area contributed by atoms with Crippen LogP contribution in [0.1, 0.15) is 27.9 Å². The molecule has 2 aromatic rings. The molecule has 2 N–H and O–H groups in total. The van der Waals surface area contributed by atoms with Gasteiger partial charge in [-0.1, -0.05) is 35.9 Å². The summed E-state index contributed by atoms with van der Waals surface area (Å²) in [5.74, 6) is -1.23. The Hall–Kier alpha value is -2.53. The smallest absolute Gasteiger partial charge is 0.305 e. The lowest BCUT2D eigenvalue weighted by atomic mass is 10.0. The number of carbonyl (C=O) groups is 2. The Kier molecular flexibility index (Phi) is 5.38. The highest BCUT2D eigenvalue weighted by Gasteiger charge is 2.22. The molecule has 0 saturated heterocycles. The minimum atomic E-state index is -1.01. The minimum absolute atomic E-state index is 0.216. The molecule has 5 nitrogen and oxygen atoms in total. The molecule has 1 atom stereocenters. The molecule has 0 aliphatic rings. The zero-order valence-electron chi connectivity index (χ0n) is 12.3. The molecular weight excluding hydrogens is 280 g/mol. The molecular formula is C17H18N2O3. The van der Waals surface area contributed by atoms with Crippen LogP contribution in [-0.4, -0.2) is 27.9 Å². The summed E-state index contributed by atoms with van der Waals surface area (Å²) in [7, 11) is 0. The Morgan fingerprint density at radius 2 is 1.95 bits per heavy atom. The monoisotopic (exact) mass is 298 g/mol. The zero-order valence-corrected chi connectivity index (χ0v) is 12.3. The van der Waals surface area contributed by atoms with Crippen LogP contribution in [0.25, 0.3) is 0 Å². The van der Waals surface area contributed by atoms with E-state index in [1.54, 1.807) is 30.6 Å². The quantitative estimate of drug-likeness (QED) is 0.766. The second-order valence-electron chi connectivity index (χ2n) is 5.12. The first-order valence-corrected chi connectivity index (χ1v) is 7.01. The van der Waals surface area contributed by atoms with E-state index in [0.717, 1.165) is 11.1 Å². The Morgan fingerprint density at radius 3 is 2.55 bits per heavy atom. The third-order valence-corrected chi connectivity index (χ3v) is 3.31. The number of carboxylic acids is 1. The predicted molar refractivity (Wildman–Crippen MR) is 82.6 cm³/mol. The summed E-state index contributed by atoms with van der Waals surface area (Å²) in [6.07, 6.45) is 3.09. The second kappa shape index (κ2) is 7.47. The third-order valence-electron chi connectivity index (χ3n) is 3.31. The van der Waals surface area contributed by atoms with Crippen molar-refractivity contribution in [2.24, 2.45) is 0 Å². The van der Waals surface area contributed by atoms with Crippen LogP contribution in [0.3, 0.4) is 0 Å². The van der Waals surface area contributed by atoms with Crippen molar-refractivity contribution >= 4 is 11.8 Å². The van der Waals surface area contributed by atoms with Gasteiger partial charge in [0.1, 0.15) is 0 Å². The molecule has 0 radical (unpaired) electrons. The molecule has 1 aromatic carbocycles. The number of aromatic nitrogens is 1. The Labute approximate surface area is 129 Å². The van der Waals surface area contributed by atoms with E-state index >= 15 is 0 Å². The largest absolute Gasteiger partial charge is 0.481 e. The summed E-state index contributed by atoms with van der Waals surface area (Å²) < 4.78 is 0. The van der Waals surface area contributed by atoms with E-state index in [4.69, 9.17) is 5.11 Å². The lowest BCUT2D eigenvalue weighted by Crippen LogP contribution is -2.38. The summed E-state index contributed by atoms with van der Waals surface area (Å²) >= 11 is 0. The number of nitrogens with zero attached hydrogens (tertiary/aromatic N) is 1. The van der Waals surface area contributed by atoms with Crippen molar-refractivity contribution in [3.63, 3.8) is 0 Å². The van der Waals surface area contributed by atoms with Crippen LogP contribution < -0.4 is 5.32 Å². The van der Waals surface area contributed by atoms with Gasteiger partial charge in [-0.2, -0.15) is 0 Å². The predicted octanol–water partition coefficient (Wildman–Crippen LogP) is 2.21. The minimum Gasteiger partial charge on any atom is -0.481 e. The van der Waals surface area contributed by atoms with Gasteiger partial charge in [0.15, 0.2) is 5.78 Å². The van der Waals surface area contributed by atoms with Crippen LogP contribution >= 0.6 is 0 Å². The number of hydrogen-bond acceptors (Lipinski definition) is 4. The van der Waals surface area contributed by atoms with Crippen LogP contribution in [0.2, 0.25) is 0 Å². The van der Waals surface area contributed by atoms with Gasteiger partial charge in [0.2, 0.25) is 0 Å². The number of Topliss-reactive ketones (excluding diaryl/α,β-unsaturated/α-hetero) is 1. The average molecular weight is 298 g/mol. The topological polar surface area (TPSA) is 79.3 Å².